The van der Waals surface area contributed by atoms with Crippen molar-refractivity contribution >= 4 is 44.0 Å². The molecule has 5 heteroatoms. The first-order chi connectivity index (χ1) is 8.65. The fourth-order valence-corrected chi connectivity index (χ4v) is 3.01. The lowest BCUT2D eigenvalue weighted by atomic mass is 10.1. The third kappa shape index (κ3) is 1.89. The number of aromatic nitrogens is 1. The van der Waals surface area contributed by atoms with Gasteiger partial charge >= 0.3 is 0 Å². The minimum absolute atomic E-state index is 0.0604. The number of aromatic amines is 1. The van der Waals surface area contributed by atoms with Gasteiger partial charge in [-0.1, -0.05) is 0 Å². The number of hydrogen-bond donors (Lipinski definition) is 1. The van der Waals surface area contributed by atoms with Crippen LogP contribution in [0.3, 0.4) is 0 Å². The Kier molecular flexibility index (Phi) is 2.80. The average Bonchev–Trinajstić information content (AvgIpc) is 2.94. The van der Waals surface area contributed by atoms with Crippen molar-refractivity contribution in [2.45, 2.75) is 0 Å². The van der Waals surface area contributed by atoms with E-state index in [9.17, 15) is 9.18 Å². The first-order valence-electron chi connectivity index (χ1n) is 5.20. The summed E-state index contributed by atoms with van der Waals surface area (Å²) in [7, 11) is 0. The molecule has 3 rings (SSSR count). The van der Waals surface area contributed by atoms with Crippen LogP contribution in [0.1, 0.15) is 15.9 Å². The lowest BCUT2D eigenvalue weighted by Gasteiger charge is -1.96. The number of nitrogens with one attached hydrogen (secondary N) is 1. The van der Waals surface area contributed by atoms with Gasteiger partial charge in [-0.2, -0.15) is 0 Å². The standard InChI is InChI=1S/C13H7BrFNOS/c14-12-3-7(6-18-12)13(17)10-5-16-11-4-8(15)1-2-9(10)11/h1-6,16H. The Morgan fingerprint density at radius 3 is 2.89 bits per heavy atom. The first kappa shape index (κ1) is 11.6. The van der Waals surface area contributed by atoms with E-state index >= 15 is 0 Å². The van der Waals surface area contributed by atoms with E-state index in [1.165, 1.54) is 23.5 Å². The van der Waals surface area contributed by atoms with E-state index < -0.39 is 0 Å². The van der Waals surface area contributed by atoms with Gasteiger partial charge in [0, 0.05) is 33.6 Å². The van der Waals surface area contributed by atoms with Crippen LogP contribution in [0.15, 0.2) is 39.6 Å². The zero-order valence-electron chi connectivity index (χ0n) is 9.04. The maximum Gasteiger partial charge on any atom is 0.196 e. The third-order valence-corrected chi connectivity index (χ3v) is 4.22. The van der Waals surface area contributed by atoms with E-state index in [1.54, 1.807) is 23.7 Å². The largest absolute Gasteiger partial charge is 0.360 e. The Bertz CT molecular complexity index is 746. The Hall–Kier alpha value is -1.46. The van der Waals surface area contributed by atoms with Crippen LogP contribution in [0.5, 0.6) is 0 Å². The molecule has 1 N–H and O–H groups in total. The molecule has 0 amide bonds. The summed E-state index contributed by atoms with van der Waals surface area (Å²) in [6.07, 6.45) is 1.62. The molecular weight excluding hydrogens is 317 g/mol. The van der Waals surface area contributed by atoms with Gasteiger partial charge in [0.05, 0.1) is 3.79 Å². The topological polar surface area (TPSA) is 32.9 Å². The van der Waals surface area contributed by atoms with Gasteiger partial charge in [-0.25, -0.2) is 4.39 Å². The molecule has 0 radical (unpaired) electrons. The Morgan fingerprint density at radius 2 is 2.17 bits per heavy atom. The van der Waals surface area contributed by atoms with Gasteiger partial charge < -0.3 is 4.98 Å². The molecule has 0 bridgehead atoms. The molecule has 0 atom stereocenters. The van der Waals surface area contributed by atoms with Crippen LogP contribution in [-0.4, -0.2) is 10.8 Å². The SMILES string of the molecule is O=C(c1csc(Br)c1)c1c[nH]c2cc(F)ccc12. The monoisotopic (exact) mass is 323 g/mol. The van der Waals surface area contributed by atoms with Crippen LogP contribution in [0.2, 0.25) is 0 Å². The molecule has 2 aromatic heterocycles. The molecule has 0 aliphatic carbocycles. The molecule has 0 saturated heterocycles. The van der Waals surface area contributed by atoms with Gasteiger partial charge in [0.1, 0.15) is 5.82 Å². The number of thiophene rings is 1. The fraction of sp³-hybridized carbons (Fsp3) is 0. The quantitative estimate of drug-likeness (QED) is 0.698. The molecule has 0 fully saturated rings. The smallest absolute Gasteiger partial charge is 0.196 e. The zero-order valence-corrected chi connectivity index (χ0v) is 11.4. The molecule has 3 aromatic rings. The van der Waals surface area contributed by atoms with Gasteiger partial charge in [-0.15, -0.1) is 11.3 Å². The number of ketones is 1. The zero-order chi connectivity index (χ0) is 12.7. The first-order valence-corrected chi connectivity index (χ1v) is 6.88. The second kappa shape index (κ2) is 4.33. The molecule has 0 saturated carbocycles. The van der Waals surface area contributed by atoms with Crippen molar-refractivity contribution in [3.05, 3.63) is 56.6 Å². The lowest BCUT2D eigenvalue weighted by molar-refractivity contribution is 0.104. The van der Waals surface area contributed by atoms with Crippen molar-refractivity contribution in [3.63, 3.8) is 0 Å². The molecule has 90 valence electrons. The minimum atomic E-state index is -0.318. The van der Waals surface area contributed by atoms with Crippen LogP contribution in [0.25, 0.3) is 10.9 Å². The molecule has 2 heterocycles. The summed E-state index contributed by atoms with van der Waals surface area (Å²) < 4.78 is 14.0. The van der Waals surface area contributed by atoms with Crippen molar-refractivity contribution in [1.29, 1.82) is 0 Å². The summed E-state index contributed by atoms with van der Waals surface area (Å²) in [5, 5.41) is 2.54. The van der Waals surface area contributed by atoms with E-state index in [4.69, 9.17) is 0 Å². The van der Waals surface area contributed by atoms with E-state index in [2.05, 4.69) is 20.9 Å². The molecule has 0 aliphatic rings. The molecule has 18 heavy (non-hydrogen) atoms. The van der Waals surface area contributed by atoms with Crippen molar-refractivity contribution < 1.29 is 9.18 Å². The maximum absolute atomic E-state index is 13.1. The number of carbonyl (C=O) groups is 1. The van der Waals surface area contributed by atoms with E-state index in [0.29, 0.717) is 16.6 Å². The summed E-state index contributed by atoms with van der Waals surface area (Å²) in [4.78, 5) is 15.2. The number of fused-ring (bicyclic) bond motifs is 1. The van der Waals surface area contributed by atoms with Crippen molar-refractivity contribution in [2.24, 2.45) is 0 Å². The number of carbonyl (C=O) groups excluding carboxylic acids is 1. The maximum atomic E-state index is 13.1. The van der Waals surface area contributed by atoms with E-state index in [1.807, 2.05) is 0 Å². The second-order valence-electron chi connectivity index (χ2n) is 3.86. The van der Waals surface area contributed by atoms with Gasteiger partial charge in [0.15, 0.2) is 5.78 Å². The van der Waals surface area contributed by atoms with Crippen molar-refractivity contribution in [1.82, 2.24) is 4.98 Å². The fourth-order valence-electron chi connectivity index (χ4n) is 1.87. The Balaban J connectivity index is 2.12. The highest BCUT2D eigenvalue weighted by Crippen LogP contribution is 2.26. The van der Waals surface area contributed by atoms with E-state index in [-0.39, 0.29) is 11.6 Å². The van der Waals surface area contributed by atoms with Crippen molar-refractivity contribution in [3.8, 4) is 0 Å². The summed E-state index contributed by atoms with van der Waals surface area (Å²) >= 11 is 4.80. The Morgan fingerprint density at radius 1 is 1.33 bits per heavy atom. The molecule has 0 aliphatic heterocycles. The van der Waals surface area contributed by atoms with Gasteiger partial charge in [-0.05, 0) is 40.2 Å². The average molecular weight is 324 g/mol. The second-order valence-corrected chi connectivity index (χ2v) is 6.15. The normalized spacial score (nSPS) is 11.0. The van der Waals surface area contributed by atoms with Crippen LogP contribution >= 0.6 is 27.3 Å². The summed E-state index contributed by atoms with van der Waals surface area (Å²) in [6, 6.07) is 6.15. The van der Waals surface area contributed by atoms with Crippen LogP contribution in [0.4, 0.5) is 4.39 Å². The number of hydrogen-bond acceptors (Lipinski definition) is 2. The summed E-state index contributed by atoms with van der Waals surface area (Å²) in [6.45, 7) is 0. The summed E-state index contributed by atoms with van der Waals surface area (Å²) in [5.41, 5.74) is 1.83. The highest BCUT2D eigenvalue weighted by molar-refractivity contribution is 9.11. The third-order valence-electron chi connectivity index (χ3n) is 2.72. The van der Waals surface area contributed by atoms with Gasteiger partial charge in [0.25, 0.3) is 0 Å². The van der Waals surface area contributed by atoms with Crippen molar-refractivity contribution in [2.75, 3.05) is 0 Å². The number of H-pyrrole nitrogens is 1. The van der Waals surface area contributed by atoms with Crippen LogP contribution in [0, 0.1) is 5.82 Å². The molecule has 0 unspecified atom stereocenters. The predicted molar refractivity (Wildman–Crippen MR) is 73.7 cm³/mol. The molecule has 1 aromatic carbocycles. The van der Waals surface area contributed by atoms with E-state index in [0.717, 1.165) is 9.17 Å². The predicted octanol–water partition coefficient (Wildman–Crippen LogP) is 4.36. The molecule has 2 nitrogen and oxygen atoms in total. The van der Waals surface area contributed by atoms with Gasteiger partial charge in [-0.3, -0.25) is 4.79 Å². The van der Waals surface area contributed by atoms with Crippen LogP contribution in [-0.2, 0) is 0 Å². The highest BCUT2D eigenvalue weighted by Gasteiger charge is 2.15. The minimum Gasteiger partial charge on any atom is -0.360 e. The Labute approximate surface area is 115 Å². The highest BCUT2D eigenvalue weighted by atomic mass is 79.9. The number of halogens is 2. The molecular formula is C13H7BrFNOS. The lowest BCUT2D eigenvalue weighted by Crippen LogP contribution is -1.97. The summed E-state index contributed by atoms with van der Waals surface area (Å²) in [5.74, 6) is -0.378. The van der Waals surface area contributed by atoms with Gasteiger partial charge in [0.2, 0.25) is 0 Å². The number of rotatable bonds is 2. The number of benzene rings is 1. The van der Waals surface area contributed by atoms with Crippen LogP contribution < -0.4 is 0 Å². The molecule has 0 spiro atoms.